The van der Waals surface area contributed by atoms with Crippen LogP contribution in [0.25, 0.3) is 0 Å². The van der Waals surface area contributed by atoms with Crippen molar-refractivity contribution in [2.45, 2.75) is 31.9 Å². The third kappa shape index (κ3) is 4.78. The molecule has 0 saturated carbocycles. The second-order valence-electron chi connectivity index (χ2n) is 3.27. The molecule has 9 heteroatoms. The van der Waals surface area contributed by atoms with Gasteiger partial charge in [-0.15, -0.1) is 0 Å². The van der Waals surface area contributed by atoms with E-state index in [1.165, 1.54) is 6.92 Å². The molecule has 0 unspecified atom stereocenters. The summed E-state index contributed by atoms with van der Waals surface area (Å²) < 4.78 is 84.7. The Hall–Kier alpha value is -1.02. The van der Waals surface area contributed by atoms with Gasteiger partial charge in [0.05, 0.1) is 0 Å². The lowest BCUT2D eigenvalue weighted by molar-refractivity contribution is -0.194. The first-order valence-electron chi connectivity index (χ1n) is 4.54. The molecule has 0 saturated heterocycles. The van der Waals surface area contributed by atoms with Crippen LogP contribution in [0.5, 0.6) is 0 Å². The molecule has 0 aromatic carbocycles. The molecule has 0 spiro atoms. The van der Waals surface area contributed by atoms with Crippen LogP contribution in [-0.2, 0) is 4.79 Å². The van der Waals surface area contributed by atoms with Crippen LogP contribution in [0.4, 0.5) is 30.7 Å². The molecule has 0 radical (unpaired) electrons. The van der Waals surface area contributed by atoms with Crippen LogP contribution in [-0.4, -0.2) is 42.4 Å². The second kappa shape index (κ2) is 5.54. The predicted molar refractivity (Wildman–Crippen MR) is 43.9 cm³/mol. The van der Waals surface area contributed by atoms with Gasteiger partial charge >= 0.3 is 18.5 Å². The number of amides is 1. The van der Waals surface area contributed by atoms with Crippen LogP contribution in [0.15, 0.2) is 0 Å². The first-order chi connectivity index (χ1) is 7.52. The van der Waals surface area contributed by atoms with Gasteiger partial charge in [0.1, 0.15) is 6.54 Å². The first-order valence-corrected chi connectivity index (χ1v) is 4.54. The Labute approximate surface area is 92.4 Å². The molecular formula is C8H10F7NO. The molecule has 0 atom stereocenters. The van der Waals surface area contributed by atoms with Crippen LogP contribution in [0.1, 0.15) is 13.3 Å². The highest BCUT2D eigenvalue weighted by Gasteiger charge is 2.52. The first kappa shape index (κ1) is 16.0. The van der Waals surface area contributed by atoms with Crippen molar-refractivity contribution in [3.8, 4) is 0 Å². The monoisotopic (exact) mass is 269 g/mol. The van der Waals surface area contributed by atoms with Crippen molar-refractivity contribution in [2.75, 3.05) is 13.1 Å². The molecule has 0 aromatic rings. The van der Waals surface area contributed by atoms with E-state index in [0.717, 1.165) is 0 Å². The number of hydrogen-bond acceptors (Lipinski definition) is 1. The molecular weight excluding hydrogens is 259 g/mol. The van der Waals surface area contributed by atoms with Crippen molar-refractivity contribution < 1.29 is 35.5 Å². The minimum atomic E-state index is -5.10. The lowest BCUT2D eigenvalue weighted by Gasteiger charge is -2.27. The van der Waals surface area contributed by atoms with Gasteiger partial charge in [-0.1, -0.05) is 6.92 Å². The van der Waals surface area contributed by atoms with Gasteiger partial charge in [0.2, 0.25) is 0 Å². The van der Waals surface area contributed by atoms with E-state index in [0.29, 0.717) is 0 Å². The van der Waals surface area contributed by atoms with Gasteiger partial charge in [-0.25, -0.2) is 8.78 Å². The summed E-state index contributed by atoms with van der Waals surface area (Å²) in [5.74, 6) is -7.60. The Morgan fingerprint density at radius 2 is 1.65 bits per heavy atom. The Morgan fingerprint density at radius 1 is 1.18 bits per heavy atom. The molecule has 2 nitrogen and oxygen atoms in total. The zero-order valence-corrected chi connectivity index (χ0v) is 8.70. The van der Waals surface area contributed by atoms with Gasteiger partial charge in [-0.3, -0.25) is 4.79 Å². The Bertz CT molecular complexity index is 263. The Kier molecular flexibility index (Phi) is 5.21. The summed E-state index contributed by atoms with van der Waals surface area (Å²) in [6.45, 7) is -1.31. The van der Waals surface area contributed by atoms with E-state index < -0.39 is 37.5 Å². The third-order valence-electron chi connectivity index (χ3n) is 1.71. The van der Waals surface area contributed by atoms with Gasteiger partial charge in [-0.05, 0) is 6.42 Å². The van der Waals surface area contributed by atoms with Crippen molar-refractivity contribution in [3.05, 3.63) is 0 Å². The van der Waals surface area contributed by atoms with Gasteiger partial charge in [-0.2, -0.15) is 22.0 Å². The normalized spacial score (nSPS) is 13.0. The van der Waals surface area contributed by atoms with Crippen molar-refractivity contribution in [1.82, 2.24) is 4.90 Å². The molecule has 0 bridgehead atoms. The maximum atomic E-state index is 12.6. The summed E-state index contributed by atoms with van der Waals surface area (Å²) >= 11 is 0. The van der Waals surface area contributed by atoms with Crippen LogP contribution in [0.2, 0.25) is 0 Å². The Balaban J connectivity index is 4.89. The molecule has 0 heterocycles. The lowest BCUT2D eigenvalue weighted by Crippen LogP contribution is -2.50. The van der Waals surface area contributed by atoms with E-state index in [4.69, 9.17) is 0 Å². The smallest absolute Gasteiger partial charge is 0.328 e. The predicted octanol–water partition coefficient (Wildman–Crippen LogP) is 2.69. The summed E-state index contributed by atoms with van der Waals surface area (Å²) in [6.07, 6.45) is -9.30. The highest BCUT2D eigenvalue weighted by molar-refractivity contribution is 5.84. The largest absolute Gasteiger partial charge is 0.406 e. The number of alkyl halides is 7. The summed E-state index contributed by atoms with van der Waals surface area (Å²) in [5.41, 5.74) is 0. The van der Waals surface area contributed by atoms with Crippen molar-refractivity contribution >= 4 is 5.91 Å². The average molecular weight is 269 g/mol. The lowest BCUT2D eigenvalue weighted by atomic mass is 10.2. The van der Waals surface area contributed by atoms with Crippen LogP contribution in [0, 0.1) is 0 Å². The number of halogens is 7. The standard InChI is InChI=1S/C8H10F7NO/c1-2-3-16(4-7(11,12)13)6(17)8(14,15)5(9)10/h5H,2-4H2,1H3. The van der Waals surface area contributed by atoms with E-state index in [-0.39, 0.29) is 11.3 Å². The zero-order valence-electron chi connectivity index (χ0n) is 8.70. The number of carbonyl (C=O) groups excluding carboxylic acids is 1. The molecule has 0 fully saturated rings. The molecule has 0 rings (SSSR count). The number of rotatable bonds is 5. The number of nitrogens with zero attached hydrogens (tertiary/aromatic N) is 1. The minimum Gasteiger partial charge on any atom is -0.328 e. The summed E-state index contributed by atoms with van der Waals surface area (Å²) in [4.78, 5) is 10.6. The van der Waals surface area contributed by atoms with Crippen LogP contribution < -0.4 is 0 Å². The van der Waals surface area contributed by atoms with Gasteiger partial charge < -0.3 is 4.90 Å². The topological polar surface area (TPSA) is 20.3 Å². The Morgan fingerprint density at radius 3 is 1.94 bits per heavy atom. The summed E-state index contributed by atoms with van der Waals surface area (Å²) in [7, 11) is 0. The highest BCUT2D eigenvalue weighted by Crippen LogP contribution is 2.27. The minimum absolute atomic E-state index is 0.0544. The molecule has 17 heavy (non-hydrogen) atoms. The molecule has 0 aromatic heterocycles. The fourth-order valence-electron chi connectivity index (χ4n) is 1.04. The van der Waals surface area contributed by atoms with E-state index >= 15 is 0 Å². The van der Waals surface area contributed by atoms with Crippen molar-refractivity contribution in [2.24, 2.45) is 0 Å². The van der Waals surface area contributed by atoms with E-state index in [1.54, 1.807) is 0 Å². The molecule has 0 aliphatic carbocycles. The van der Waals surface area contributed by atoms with E-state index in [2.05, 4.69) is 0 Å². The van der Waals surface area contributed by atoms with E-state index in [1.807, 2.05) is 0 Å². The second-order valence-corrected chi connectivity index (χ2v) is 3.27. The summed E-state index contributed by atoms with van der Waals surface area (Å²) in [6, 6.07) is 0. The van der Waals surface area contributed by atoms with E-state index in [9.17, 15) is 35.5 Å². The molecule has 102 valence electrons. The zero-order chi connectivity index (χ0) is 13.9. The molecule has 0 aliphatic rings. The van der Waals surface area contributed by atoms with Gasteiger partial charge in [0.25, 0.3) is 5.91 Å². The fraction of sp³-hybridized carbons (Fsp3) is 0.875. The van der Waals surface area contributed by atoms with Gasteiger partial charge in [0, 0.05) is 6.54 Å². The fourth-order valence-corrected chi connectivity index (χ4v) is 1.04. The van der Waals surface area contributed by atoms with Gasteiger partial charge in [0.15, 0.2) is 0 Å². The maximum absolute atomic E-state index is 12.6. The number of hydrogen-bond donors (Lipinski definition) is 0. The third-order valence-corrected chi connectivity index (χ3v) is 1.71. The molecule has 0 aliphatic heterocycles. The molecule has 0 N–H and O–H groups in total. The maximum Gasteiger partial charge on any atom is 0.406 e. The SMILES string of the molecule is CCCN(CC(F)(F)F)C(=O)C(F)(F)C(F)F. The number of carbonyl (C=O) groups is 1. The van der Waals surface area contributed by atoms with Crippen LogP contribution in [0.3, 0.4) is 0 Å². The van der Waals surface area contributed by atoms with Crippen molar-refractivity contribution in [1.29, 1.82) is 0 Å². The molecule has 1 amide bonds. The quantitative estimate of drug-likeness (QED) is 0.703. The van der Waals surface area contributed by atoms with Crippen molar-refractivity contribution in [3.63, 3.8) is 0 Å². The summed E-state index contributed by atoms with van der Waals surface area (Å²) in [5, 5.41) is 0. The van der Waals surface area contributed by atoms with Crippen LogP contribution >= 0.6 is 0 Å². The average Bonchev–Trinajstić information content (AvgIpc) is 2.13. The highest BCUT2D eigenvalue weighted by atomic mass is 19.4.